The summed E-state index contributed by atoms with van der Waals surface area (Å²) in [5, 5.41) is 6.76. The average molecular weight is 396 g/mol. The number of carbonyl (C=O) groups excluding carboxylic acids is 4. The van der Waals surface area contributed by atoms with E-state index >= 15 is 0 Å². The zero-order valence-corrected chi connectivity index (χ0v) is 15.8. The van der Waals surface area contributed by atoms with Crippen LogP contribution in [-0.2, 0) is 15.1 Å². The number of hydrogen-bond acceptors (Lipinski definition) is 4. The van der Waals surface area contributed by atoms with Crippen molar-refractivity contribution in [3.8, 4) is 0 Å². The number of nitrogens with zero attached hydrogens (tertiary/aromatic N) is 1. The lowest BCUT2D eigenvalue weighted by Crippen LogP contribution is -2.47. The van der Waals surface area contributed by atoms with Crippen molar-refractivity contribution in [3.05, 3.63) is 35.4 Å². The molecular weight excluding hydrogens is 374 g/mol. The lowest BCUT2D eigenvalue weighted by molar-refractivity contribution is -0.134. The first-order valence-corrected chi connectivity index (χ1v) is 8.72. The van der Waals surface area contributed by atoms with E-state index in [9.17, 15) is 28.0 Å². The van der Waals surface area contributed by atoms with Crippen LogP contribution in [0.25, 0.3) is 0 Å². The standard InChI is InChI=1S/C18H22F2N4O4/c1-10(2)6-7-21-16(27)22-14(25)9-24-15(26)18(3,23-17(24)28)12-8-11(19)4-5-13(12)20/h4-5,8,10H,6-7,9H2,1-3H3,(H,23,28)(H2,21,22,25,27)/t18-/m1/s1. The molecule has 1 fully saturated rings. The smallest absolute Gasteiger partial charge is 0.325 e. The van der Waals surface area contributed by atoms with Crippen molar-refractivity contribution in [1.29, 1.82) is 0 Å². The molecule has 0 radical (unpaired) electrons. The second-order valence-electron chi connectivity index (χ2n) is 7.06. The number of benzene rings is 1. The Morgan fingerprint density at radius 3 is 2.57 bits per heavy atom. The van der Waals surface area contributed by atoms with Crippen molar-refractivity contribution < 1.29 is 28.0 Å². The van der Waals surface area contributed by atoms with Crippen LogP contribution in [-0.4, -0.2) is 41.9 Å². The zero-order valence-electron chi connectivity index (χ0n) is 15.8. The van der Waals surface area contributed by atoms with Gasteiger partial charge in [0.25, 0.3) is 5.91 Å². The Balaban J connectivity index is 2.04. The Morgan fingerprint density at radius 1 is 1.25 bits per heavy atom. The molecule has 0 unspecified atom stereocenters. The van der Waals surface area contributed by atoms with E-state index in [-0.39, 0.29) is 5.56 Å². The van der Waals surface area contributed by atoms with Crippen molar-refractivity contribution in [1.82, 2.24) is 20.9 Å². The number of carbonyl (C=O) groups is 4. The second-order valence-corrected chi connectivity index (χ2v) is 7.06. The number of imide groups is 2. The molecule has 28 heavy (non-hydrogen) atoms. The summed E-state index contributed by atoms with van der Waals surface area (Å²) < 4.78 is 27.6. The molecule has 0 aromatic heterocycles. The van der Waals surface area contributed by atoms with E-state index in [0.29, 0.717) is 23.8 Å². The van der Waals surface area contributed by atoms with Crippen LogP contribution >= 0.6 is 0 Å². The summed E-state index contributed by atoms with van der Waals surface area (Å²) in [6.45, 7) is 4.77. The lowest BCUT2D eigenvalue weighted by Gasteiger charge is -2.22. The van der Waals surface area contributed by atoms with Crippen LogP contribution in [0.5, 0.6) is 0 Å². The van der Waals surface area contributed by atoms with Crippen LogP contribution in [0.2, 0.25) is 0 Å². The molecule has 10 heteroatoms. The van der Waals surface area contributed by atoms with Crippen LogP contribution in [0, 0.1) is 17.6 Å². The molecule has 6 amide bonds. The molecule has 1 heterocycles. The van der Waals surface area contributed by atoms with Gasteiger partial charge in [0, 0.05) is 12.1 Å². The first-order valence-electron chi connectivity index (χ1n) is 8.72. The molecule has 1 aromatic carbocycles. The maximum atomic E-state index is 14.1. The molecule has 152 valence electrons. The third-order valence-electron chi connectivity index (χ3n) is 4.30. The number of hydrogen-bond donors (Lipinski definition) is 3. The Bertz CT molecular complexity index is 815. The molecule has 1 saturated heterocycles. The molecule has 0 bridgehead atoms. The van der Waals surface area contributed by atoms with E-state index in [1.54, 1.807) is 0 Å². The Labute approximate surface area is 160 Å². The van der Waals surface area contributed by atoms with Gasteiger partial charge in [0.2, 0.25) is 5.91 Å². The fourth-order valence-electron chi connectivity index (χ4n) is 2.73. The minimum atomic E-state index is -1.87. The summed E-state index contributed by atoms with van der Waals surface area (Å²) in [4.78, 5) is 49.0. The first kappa shape index (κ1) is 21.3. The van der Waals surface area contributed by atoms with Gasteiger partial charge in [-0.1, -0.05) is 13.8 Å². The van der Waals surface area contributed by atoms with E-state index in [1.807, 2.05) is 19.2 Å². The van der Waals surface area contributed by atoms with Crippen LogP contribution in [0.3, 0.4) is 0 Å². The quantitative estimate of drug-likeness (QED) is 0.635. The molecule has 2 rings (SSSR count). The maximum absolute atomic E-state index is 14.1. The van der Waals surface area contributed by atoms with Gasteiger partial charge in [0.15, 0.2) is 0 Å². The van der Waals surface area contributed by atoms with Gasteiger partial charge >= 0.3 is 12.1 Å². The predicted octanol–water partition coefficient (Wildman–Crippen LogP) is 1.60. The van der Waals surface area contributed by atoms with Gasteiger partial charge in [-0.15, -0.1) is 0 Å². The Kier molecular flexibility index (Phi) is 6.32. The number of urea groups is 2. The molecule has 1 aromatic rings. The van der Waals surface area contributed by atoms with E-state index in [1.165, 1.54) is 6.92 Å². The summed E-state index contributed by atoms with van der Waals surface area (Å²) in [5.74, 6) is -3.13. The Hall–Kier alpha value is -3.04. The van der Waals surface area contributed by atoms with Crippen molar-refractivity contribution in [2.45, 2.75) is 32.7 Å². The average Bonchev–Trinajstić information content (AvgIpc) is 2.80. The Morgan fingerprint density at radius 2 is 1.93 bits per heavy atom. The number of amides is 6. The summed E-state index contributed by atoms with van der Waals surface area (Å²) in [5.41, 5.74) is -2.23. The lowest BCUT2D eigenvalue weighted by atomic mass is 9.91. The van der Waals surface area contributed by atoms with Gasteiger partial charge in [0.1, 0.15) is 23.7 Å². The minimum absolute atomic E-state index is 0.358. The van der Waals surface area contributed by atoms with E-state index in [4.69, 9.17) is 0 Å². The summed E-state index contributed by atoms with van der Waals surface area (Å²) in [6.07, 6.45) is 0.714. The highest BCUT2D eigenvalue weighted by atomic mass is 19.1. The van der Waals surface area contributed by atoms with Crippen LogP contribution in [0.1, 0.15) is 32.8 Å². The van der Waals surface area contributed by atoms with Gasteiger partial charge in [-0.25, -0.2) is 18.4 Å². The largest absolute Gasteiger partial charge is 0.338 e. The number of rotatable bonds is 6. The normalized spacial score (nSPS) is 19.0. The topological polar surface area (TPSA) is 108 Å². The number of halogens is 2. The molecular formula is C18H22F2N4O4. The second kappa shape index (κ2) is 8.32. The van der Waals surface area contributed by atoms with Gasteiger partial charge in [-0.2, -0.15) is 0 Å². The molecule has 0 spiro atoms. The third kappa shape index (κ3) is 4.62. The highest BCUT2D eigenvalue weighted by Gasteiger charge is 2.50. The molecule has 0 saturated carbocycles. The maximum Gasteiger partial charge on any atom is 0.325 e. The zero-order chi connectivity index (χ0) is 21.1. The summed E-state index contributed by atoms with van der Waals surface area (Å²) >= 11 is 0. The van der Waals surface area contributed by atoms with Crippen LogP contribution in [0.4, 0.5) is 18.4 Å². The van der Waals surface area contributed by atoms with Crippen LogP contribution < -0.4 is 16.0 Å². The summed E-state index contributed by atoms with van der Waals surface area (Å²) in [6, 6.07) is 0.820. The monoisotopic (exact) mass is 396 g/mol. The van der Waals surface area contributed by atoms with Crippen molar-refractivity contribution in [2.24, 2.45) is 5.92 Å². The van der Waals surface area contributed by atoms with Gasteiger partial charge < -0.3 is 10.6 Å². The fourth-order valence-corrected chi connectivity index (χ4v) is 2.73. The highest BCUT2D eigenvalue weighted by molar-refractivity contribution is 6.10. The highest BCUT2D eigenvalue weighted by Crippen LogP contribution is 2.31. The van der Waals surface area contributed by atoms with Gasteiger partial charge in [-0.3, -0.25) is 19.8 Å². The third-order valence-corrected chi connectivity index (χ3v) is 4.30. The van der Waals surface area contributed by atoms with E-state index < -0.39 is 47.6 Å². The van der Waals surface area contributed by atoms with Crippen molar-refractivity contribution in [3.63, 3.8) is 0 Å². The predicted molar refractivity (Wildman–Crippen MR) is 95.0 cm³/mol. The molecule has 1 atom stereocenters. The molecule has 3 N–H and O–H groups in total. The number of nitrogens with one attached hydrogen (secondary N) is 3. The van der Waals surface area contributed by atoms with E-state index in [2.05, 4.69) is 10.6 Å². The SMILES string of the molecule is CC(C)CCNC(=O)NC(=O)CN1C(=O)N[C@](C)(c2cc(F)ccc2F)C1=O. The molecule has 1 aliphatic heterocycles. The van der Waals surface area contributed by atoms with E-state index in [0.717, 1.165) is 18.2 Å². The fraction of sp³-hybridized carbons (Fsp3) is 0.444. The van der Waals surface area contributed by atoms with Gasteiger partial charge in [0.05, 0.1) is 0 Å². The first-order chi connectivity index (χ1) is 13.0. The van der Waals surface area contributed by atoms with Gasteiger partial charge in [-0.05, 0) is 37.5 Å². The molecule has 1 aliphatic rings. The molecule has 8 nitrogen and oxygen atoms in total. The molecule has 0 aliphatic carbocycles. The van der Waals surface area contributed by atoms with Crippen molar-refractivity contribution >= 4 is 23.9 Å². The minimum Gasteiger partial charge on any atom is -0.338 e. The summed E-state index contributed by atoms with van der Waals surface area (Å²) in [7, 11) is 0. The van der Waals surface area contributed by atoms with Crippen molar-refractivity contribution in [2.75, 3.05) is 13.1 Å². The van der Waals surface area contributed by atoms with Crippen LogP contribution in [0.15, 0.2) is 18.2 Å².